The van der Waals surface area contributed by atoms with Crippen LogP contribution in [0, 0.1) is 13.8 Å². The number of halogens is 1. The number of amides is 1. The Kier molecular flexibility index (Phi) is 3.68. The van der Waals surface area contributed by atoms with Crippen molar-refractivity contribution in [3.05, 3.63) is 27.5 Å². The van der Waals surface area contributed by atoms with Gasteiger partial charge in [-0.3, -0.25) is 14.8 Å². The lowest BCUT2D eigenvalue weighted by atomic mass is 10.4. The molecule has 96 valence electrons. The Hall–Kier alpha value is -1.40. The van der Waals surface area contributed by atoms with Crippen molar-refractivity contribution in [1.82, 2.24) is 14.8 Å². The molecular weight excluding hydrogens is 272 g/mol. The third-order valence-electron chi connectivity index (χ3n) is 2.51. The summed E-state index contributed by atoms with van der Waals surface area (Å²) >= 11 is 7.40. The molecule has 0 aromatic carbocycles. The zero-order chi connectivity index (χ0) is 13.3. The van der Waals surface area contributed by atoms with E-state index in [2.05, 4.69) is 15.4 Å². The second kappa shape index (κ2) is 5.07. The van der Waals surface area contributed by atoms with Crippen LogP contribution < -0.4 is 5.32 Å². The molecule has 0 unspecified atom stereocenters. The number of carbonyl (C=O) groups is 1. The first-order valence-corrected chi connectivity index (χ1v) is 6.69. The summed E-state index contributed by atoms with van der Waals surface area (Å²) in [4.78, 5) is 17.3. The number of anilines is 1. The molecule has 0 radical (unpaired) electrons. The highest BCUT2D eigenvalue weighted by Crippen LogP contribution is 2.22. The Morgan fingerprint density at radius 1 is 1.56 bits per heavy atom. The van der Waals surface area contributed by atoms with E-state index in [9.17, 15) is 4.79 Å². The number of carbonyl (C=O) groups excluding carboxylic acids is 1. The summed E-state index contributed by atoms with van der Waals surface area (Å²) in [6, 6.07) is 0. The molecule has 0 spiro atoms. The summed E-state index contributed by atoms with van der Waals surface area (Å²) in [5, 5.41) is 7.72. The monoisotopic (exact) mass is 284 g/mol. The number of nitrogens with one attached hydrogen (secondary N) is 1. The molecule has 7 heteroatoms. The van der Waals surface area contributed by atoms with Gasteiger partial charge in [0, 0.05) is 17.6 Å². The zero-order valence-electron chi connectivity index (χ0n) is 10.3. The number of hydrogen-bond donors (Lipinski definition) is 1. The minimum Gasteiger partial charge on any atom is -0.296 e. The number of aryl methyl sites for hydroxylation is 3. The van der Waals surface area contributed by atoms with E-state index >= 15 is 0 Å². The molecule has 18 heavy (non-hydrogen) atoms. The molecule has 1 N–H and O–H groups in total. The summed E-state index contributed by atoms with van der Waals surface area (Å²) in [6.45, 7) is 6.46. The zero-order valence-corrected chi connectivity index (χ0v) is 11.9. The lowest BCUT2D eigenvalue weighted by Gasteiger charge is -1.98. The van der Waals surface area contributed by atoms with Gasteiger partial charge >= 0.3 is 0 Å². The van der Waals surface area contributed by atoms with Gasteiger partial charge in [0.2, 0.25) is 0 Å². The van der Waals surface area contributed by atoms with Crippen molar-refractivity contribution >= 4 is 34.0 Å². The van der Waals surface area contributed by atoms with Gasteiger partial charge in [-0.15, -0.1) is 11.3 Å². The van der Waals surface area contributed by atoms with Crippen LogP contribution in [0.4, 0.5) is 5.13 Å². The molecule has 1 amide bonds. The van der Waals surface area contributed by atoms with Crippen molar-refractivity contribution in [3.8, 4) is 0 Å². The molecule has 0 bridgehead atoms. The minimum atomic E-state index is -0.332. The van der Waals surface area contributed by atoms with Crippen LogP contribution in [0.3, 0.4) is 0 Å². The van der Waals surface area contributed by atoms with Gasteiger partial charge in [0.25, 0.3) is 5.91 Å². The van der Waals surface area contributed by atoms with E-state index < -0.39 is 0 Å². The van der Waals surface area contributed by atoms with Crippen molar-refractivity contribution in [3.63, 3.8) is 0 Å². The predicted octanol–water partition coefficient (Wildman–Crippen LogP) is 2.88. The van der Waals surface area contributed by atoms with Crippen LogP contribution in [0.2, 0.25) is 5.02 Å². The molecule has 2 aromatic rings. The maximum atomic E-state index is 12.0. The van der Waals surface area contributed by atoms with Crippen molar-refractivity contribution in [2.45, 2.75) is 27.3 Å². The van der Waals surface area contributed by atoms with Gasteiger partial charge < -0.3 is 0 Å². The Bertz CT molecular complexity index is 570. The summed E-state index contributed by atoms with van der Waals surface area (Å²) in [7, 11) is 0. The van der Waals surface area contributed by atoms with Gasteiger partial charge in [0.05, 0.1) is 10.7 Å². The van der Waals surface area contributed by atoms with Crippen LogP contribution in [-0.4, -0.2) is 20.7 Å². The third-order valence-corrected chi connectivity index (χ3v) is 3.77. The fourth-order valence-corrected chi connectivity index (χ4v) is 2.44. The fraction of sp³-hybridized carbons (Fsp3) is 0.364. The normalized spacial score (nSPS) is 10.7. The van der Waals surface area contributed by atoms with Gasteiger partial charge in [-0.1, -0.05) is 11.6 Å². The Labute approximate surface area is 114 Å². The number of nitrogens with zero attached hydrogens (tertiary/aromatic N) is 3. The van der Waals surface area contributed by atoms with Gasteiger partial charge in [-0.25, -0.2) is 4.98 Å². The van der Waals surface area contributed by atoms with E-state index in [4.69, 9.17) is 11.6 Å². The SMILES string of the molecule is CCn1cc(Cl)c(C(=O)Nc2nc(C)c(C)s2)n1. The first-order valence-electron chi connectivity index (χ1n) is 5.49. The number of thiazole rings is 1. The minimum absolute atomic E-state index is 0.226. The highest BCUT2D eigenvalue weighted by molar-refractivity contribution is 7.15. The van der Waals surface area contributed by atoms with E-state index in [-0.39, 0.29) is 11.6 Å². The second-order valence-corrected chi connectivity index (χ2v) is 5.41. The van der Waals surface area contributed by atoms with Crippen LogP contribution >= 0.6 is 22.9 Å². The average Bonchev–Trinajstić information content (AvgIpc) is 2.83. The van der Waals surface area contributed by atoms with Gasteiger partial charge in [0.1, 0.15) is 0 Å². The largest absolute Gasteiger partial charge is 0.296 e. The van der Waals surface area contributed by atoms with Gasteiger partial charge in [-0.05, 0) is 20.8 Å². The second-order valence-electron chi connectivity index (χ2n) is 3.80. The van der Waals surface area contributed by atoms with Crippen molar-refractivity contribution in [2.24, 2.45) is 0 Å². The van der Waals surface area contributed by atoms with E-state index in [0.29, 0.717) is 16.7 Å². The van der Waals surface area contributed by atoms with Gasteiger partial charge in [0.15, 0.2) is 10.8 Å². The smallest absolute Gasteiger partial charge is 0.279 e. The van der Waals surface area contributed by atoms with Crippen LogP contribution in [-0.2, 0) is 6.54 Å². The van der Waals surface area contributed by atoms with E-state index in [1.54, 1.807) is 10.9 Å². The Morgan fingerprint density at radius 3 is 2.78 bits per heavy atom. The Balaban J connectivity index is 2.18. The molecular formula is C11H13ClN4OS. The lowest BCUT2D eigenvalue weighted by Crippen LogP contribution is -2.13. The molecule has 5 nitrogen and oxygen atoms in total. The fourth-order valence-electron chi connectivity index (χ4n) is 1.40. The molecule has 2 rings (SSSR count). The van der Waals surface area contributed by atoms with Gasteiger partial charge in [-0.2, -0.15) is 5.10 Å². The first-order chi connectivity index (χ1) is 8.51. The van der Waals surface area contributed by atoms with Crippen molar-refractivity contribution in [1.29, 1.82) is 0 Å². The first kappa shape index (κ1) is 13.0. The number of hydrogen-bond acceptors (Lipinski definition) is 4. The molecule has 2 heterocycles. The predicted molar refractivity (Wildman–Crippen MR) is 72.5 cm³/mol. The molecule has 0 aliphatic rings. The molecule has 0 aliphatic heterocycles. The quantitative estimate of drug-likeness (QED) is 0.943. The molecule has 0 fully saturated rings. The van der Waals surface area contributed by atoms with E-state index in [0.717, 1.165) is 10.6 Å². The molecule has 0 aliphatic carbocycles. The molecule has 0 saturated carbocycles. The number of rotatable bonds is 3. The molecule has 0 atom stereocenters. The van der Waals surface area contributed by atoms with Crippen LogP contribution in [0.15, 0.2) is 6.20 Å². The van der Waals surface area contributed by atoms with Crippen LogP contribution in [0.1, 0.15) is 28.0 Å². The maximum Gasteiger partial charge on any atom is 0.279 e. The third kappa shape index (κ3) is 2.54. The summed E-state index contributed by atoms with van der Waals surface area (Å²) < 4.78 is 1.62. The highest BCUT2D eigenvalue weighted by Gasteiger charge is 2.17. The van der Waals surface area contributed by atoms with Crippen LogP contribution in [0.25, 0.3) is 0 Å². The molecule has 0 saturated heterocycles. The maximum absolute atomic E-state index is 12.0. The number of aromatic nitrogens is 3. The van der Waals surface area contributed by atoms with E-state index in [1.165, 1.54) is 11.3 Å². The van der Waals surface area contributed by atoms with Crippen molar-refractivity contribution < 1.29 is 4.79 Å². The highest BCUT2D eigenvalue weighted by atomic mass is 35.5. The summed E-state index contributed by atoms with van der Waals surface area (Å²) in [5.41, 5.74) is 1.14. The average molecular weight is 285 g/mol. The van der Waals surface area contributed by atoms with Crippen LogP contribution in [0.5, 0.6) is 0 Å². The Morgan fingerprint density at radius 2 is 2.28 bits per heavy atom. The summed E-state index contributed by atoms with van der Waals surface area (Å²) in [5.74, 6) is -0.332. The van der Waals surface area contributed by atoms with Crippen molar-refractivity contribution in [2.75, 3.05) is 5.32 Å². The molecule has 2 aromatic heterocycles. The summed E-state index contributed by atoms with van der Waals surface area (Å²) in [6.07, 6.45) is 1.63. The standard InChI is InChI=1S/C11H13ClN4OS/c1-4-16-5-8(12)9(15-16)10(17)14-11-13-6(2)7(3)18-11/h5H,4H2,1-3H3,(H,13,14,17). The lowest BCUT2D eigenvalue weighted by molar-refractivity contribution is 0.102. The topological polar surface area (TPSA) is 59.8 Å². The van der Waals surface area contributed by atoms with E-state index in [1.807, 2.05) is 20.8 Å².